The van der Waals surface area contributed by atoms with Crippen molar-refractivity contribution in [1.82, 2.24) is 25.3 Å². The van der Waals surface area contributed by atoms with Crippen LogP contribution in [0.2, 0.25) is 0 Å². The molecule has 1 aromatic heterocycles. The van der Waals surface area contributed by atoms with Crippen molar-refractivity contribution in [2.24, 2.45) is 13.0 Å². The van der Waals surface area contributed by atoms with Crippen LogP contribution in [0.4, 0.5) is 5.69 Å². The zero-order valence-corrected chi connectivity index (χ0v) is 19.3. The second-order valence-electron chi connectivity index (χ2n) is 9.65. The van der Waals surface area contributed by atoms with Gasteiger partial charge in [0, 0.05) is 64.2 Å². The Morgan fingerprint density at radius 3 is 2.73 bits per heavy atom. The van der Waals surface area contributed by atoms with Gasteiger partial charge in [-0.1, -0.05) is 12.1 Å². The highest BCUT2D eigenvalue weighted by Crippen LogP contribution is 2.36. The minimum atomic E-state index is -0.383. The number of aryl methyl sites for hydroxylation is 1. The van der Waals surface area contributed by atoms with Gasteiger partial charge in [-0.3, -0.25) is 24.5 Å². The molecule has 0 saturated carbocycles. The van der Waals surface area contributed by atoms with Crippen LogP contribution in [0.25, 0.3) is 10.9 Å². The number of hydrogen-bond donors (Lipinski definition) is 3. The van der Waals surface area contributed by atoms with Gasteiger partial charge >= 0.3 is 0 Å². The molecular weight excluding hydrogens is 420 g/mol. The lowest BCUT2D eigenvalue weighted by Crippen LogP contribution is -2.54. The molecular formula is C24H34N6O3. The number of piperidine rings is 2. The molecule has 2 aromatic rings. The number of rotatable bonds is 5. The minimum absolute atomic E-state index is 0.203. The van der Waals surface area contributed by atoms with Crippen molar-refractivity contribution in [2.75, 3.05) is 50.8 Å². The van der Waals surface area contributed by atoms with E-state index in [4.69, 9.17) is 5.10 Å². The number of amides is 2. The van der Waals surface area contributed by atoms with Gasteiger partial charge in [0.2, 0.25) is 11.8 Å². The zero-order chi connectivity index (χ0) is 22.9. The summed E-state index contributed by atoms with van der Waals surface area (Å²) in [7, 11) is 1.94. The van der Waals surface area contributed by atoms with Crippen molar-refractivity contribution >= 4 is 28.4 Å². The maximum atomic E-state index is 12.5. The van der Waals surface area contributed by atoms with E-state index in [0.717, 1.165) is 74.4 Å². The molecule has 2 atom stereocenters. The van der Waals surface area contributed by atoms with Gasteiger partial charge in [0.1, 0.15) is 0 Å². The lowest BCUT2D eigenvalue weighted by atomic mass is 9.92. The number of aliphatic hydroxyl groups is 1. The lowest BCUT2D eigenvalue weighted by Gasteiger charge is -2.40. The zero-order valence-electron chi connectivity index (χ0n) is 19.3. The highest BCUT2D eigenvalue weighted by molar-refractivity contribution is 6.03. The number of hydrogen-bond acceptors (Lipinski definition) is 7. The van der Waals surface area contributed by atoms with Crippen LogP contribution in [0.1, 0.15) is 37.3 Å². The van der Waals surface area contributed by atoms with Gasteiger partial charge in [-0.25, -0.2) is 0 Å². The van der Waals surface area contributed by atoms with E-state index in [-0.39, 0.29) is 30.4 Å². The SMILES string of the molecule is Cn1nc(C2CCC(=O)NC2=O)c2cccc(N3CCC(CN4CCNCC4CO)CC3)c21. The minimum Gasteiger partial charge on any atom is -0.395 e. The number of piperazine rings is 1. The third kappa shape index (κ3) is 4.37. The summed E-state index contributed by atoms with van der Waals surface area (Å²) in [4.78, 5) is 28.9. The summed E-state index contributed by atoms with van der Waals surface area (Å²) < 4.78 is 1.89. The predicted octanol–water partition coefficient (Wildman–Crippen LogP) is 0.576. The summed E-state index contributed by atoms with van der Waals surface area (Å²) in [5.41, 5.74) is 2.98. The van der Waals surface area contributed by atoms with Crippen LogP contribution >= 0.6 is 0 Å². The summed E-state index contributed by atoms with van der Waals surface area (Å²) >= 11 is 0. The number of nitrogens with one attached hydrogen (secondary N) is 2. The number of carbonyl (C=O) groups is 2. The third-order valence-electron chi connectivity index (χ3n) is 7.57. The number of fused-ring (bicyclic) bond motifs is 1. The van der Waals surface area contributed by atoms with E-state index in [2.05, 4.69) is 26.5 Å². The summed E-state index contributed by atoms with van der Waals surface area (Å²) in [5, 5.41) is 21.3. The summed E-state index contributed by atoms with van der Waals surface area (Å²) in [6, 6.07) is 6.46. The van der Waals surface area contributed by atoms with Crippen molar-refractivity contribution in [3.63, 3.8) is 0 Å². The average Bonchev–Trinajstić information content (AvgIpc) is 3.16. The third-order valence-corrected chi connectivity index (χ3v) is 7.57. The molecule has 1 aromatic carbocycles. The van der Waals surface area contributed by atoms with E-state index in [1.807, 2.05) is 23.9 Å². The van der Waals surface area contributed by atoms with Crippen LogP contribution in [0.3, 0.4) is 0 Å². The Balaban J connectivity index is 1.31. The molecule has 3 aliphatic rings. The Labute approximate surface area is 194 Å². The number of imide groups is 1. The molecule has 0 bridgehead atoms. The standard InChI is InChI=1S/C24H34N6O3/c1-28-23-18(22(27-28)19-5-6-21(32)26-24(19)33)3-2-4-20(23)29-10-7-16(8-11-29)14-30-12-9-25-13-17(30)15-31/h2-4,16-17,19,25,31H,5-15H2,1H3,(H,26,32,33). The van der Waals surface area contributed by atoms with Gasteiger partial charge in [-0.05, 0) is 31.2 Å². The summed E-state index contributed by atoms with van der Waals surface area (Å²) in [6.07, 6.45) is 3.10. The Hall–Kier alpha value is -2.49. The van der Waals surface area contributed by atoms with Crippen LogP contribution in [-0.4, -0.2) is 83.5 Å². The number of nitrogens with zero attached hydrogens (tertiary/aromatic N) is 4. The molecule has 5 rings (SSSR count). The largest absolute Gasteiger partial charge is 0.395 e. The second kappa shape index (κ2) is 9.40. The Kier molecular flexibility index (Phi) is 6.36. The monoisotopic (exact) mass is 454 g/mol. The smallest absolute Gasteiger partial charge is 0.235 e. The van der Waals surface area contributed by atoms with Crippen molar-refractivity contribution < 1.29 is 14.7 Å². The van der Waals surface area contributed by atoms with Crippen molar-refractivity contribution in [3.8, 4) is 0 Å². The maximum absolute atomic E-state index is 12.5. The molecule has 178 valence electrons. The topological polar surface area (TPSA) is 103 Å². The first-order chi connectivity index (χ1) is 16.0. The van der Waals surface area contributed by atoms with E-state index >= 15 is 0 Å². The van der Waals surface area contributed by atoms with Crippen LogP contribution < -0.4 is 15.5 Å². The van der Waals surface area contributed by atoms with Crippen molar-refractivity contribution in [1.29, 1.82) is 0 Å². The number of aliphatic hydroxyl groups excluding tert-OH is 1. The fourth-order valence-corrected chi connectivity index (χ4v) is 5.72. The van der Waals surface area contributed by atoms with E-state index < -0.39 is 0 Å². The van der Waals surface area contributed by atoms with E-state index in [9.17, 15) is 14.7 Å². The molecule has 0 radical (unpaired) electrons. The van der Waals surface area contributed by atoms with Gasteiger partial charge in [-0.15, -0.1) is 0 Å². The molecule has 9 nitrogen and oxygen atoms in total. The molecule has 4 heterocycles. The van der Waals surface area contributed by atoms with E-state index in [1.54, 1.807) is 0 Å². The number of aromatic nitrogens is 2. The molecule has 3 N–H and O–H groups in total. The molecule has 2 unspecified atom stereocenters. The normalized spacial score (nSPS) is 25.6. The van der Waals surface area contributed by atoms with Gasteiger partial charge in [0.25, 0.3) is 0 Å². The lowest BCUT2D eigenvalue weighted by molar-refractivity contribution is -0.134. The van der Waals surface area contributed by atoms with Gasteiger partial charge in [0.05, 0.1) is 29.4 Å². The van der Waals surface area contributed by atoms with Gasteiger partial charge in [-0.2, -0.15) is 5.10 Å². The Morgan fingerprint density at radius 2 is 1.97 bits per heavy atom. The van der Waals surface area contributed by atoms with E-state index in [1.165, 1.54) is 0 Å². The first-order valence-corrected chi connectivity index (χ1v) is 12.1. The molecule has 3 aliphatic heterocycles. The second-order valence-corrected chi connectivity index (χ2v) is 9.65. The molecule has 33 heavy (non-hydrogen) atoms. The van der Waals surface area contributed by atoms with Crippen molar-refractivity contribution in [2.45, 2.75) is 37.6 Å². The molecule has 9 heteroatoms. The quantitative estimate of drug-likeness (QED) is 0.568. The van der Waals surface area contributed by atoms with Crippen LogP contribution in [0.15, 0.2) is 18.2 Å². The number of benzene rings is 1. The van der Waals surface area contributed by atoms with Crippen LogP contribution in [0, 0.1) is 5.92 Å². The Morgan fingerprint density at radius 1 is 1.15 bits per heavy atom. The first-order valence-electron chi connectivity index (χ1n) is 12.1. The first kappa shape index (κ1) is 22.3. The number of anilines is 1. The molecule has 3 saturated heterocycles. The fraction of sp³-hybridized carbons (Fsp3) is 0.625. The van der Waals surface area contributed by atoms with Crippen LogP contribution in [-0.2, 0) is 16.6 Å². The summed E-state index contributed by atoms with van der Waals surface area (Å²) in [6.45, 7) is 6.10. The average molecular weight is 455 g/mol. The number of carbonyl (C=O) groups excluding carboxylic acids is 2. The fourth-order valence-electron chi connectivity index (χ4n) is 5.72. The van der Waals surface area contributed by atoms with Crippen LogP contribution in [0.5, 0.6) is 0 Å². The van der Waals surface area contributed by atoms with E-state index in [0.29, 0.717) is 18.8 Å². The van der Waals surface area contributed by atoms with Gasteiger partial charge in [0.15, 0.2) is 0 Å². The Bertz CT molecular complexity index is 1030. The van der Waals surface area contributed by atoms with Gasteiger partial charge < -0.3 is 15.3 Å². The molecule has 2 amide bonds. The summed E-state index contributed by atoms with van der Waals surface area (Å²) in [5.74, 6) is -0.193. The predicted molar refractivity (Wildman–Crippen MR) is 126 cm³/mol. The maximum Gasteiger partial charge on any atom is 0.235 e. The molecule has 3 fully saturated rings. The number of para-hydroxylation sites is 1. The highest BCUT2D eigenvalue weighted by Gasteiger charge is 2.33. The van der Waals surface area contributed by atoms with Crippen molar-refractivity contribution in [3.05, 3.63) is 23.9 Å². The molecule has 0 spiro atoms. The highest BCUT2D eigenvalue weighted by atomic mass is 16.3. The molecule has 0 aliphatic carbocycles.